The third kappa shape index (κ3) is 4.36. The molecule has 0 amide bonds. The summed E-state index contributed by atoms with van der Waals surface area (Å²) in [4.78, 5) is 0. The van der Waals surface area contributed by atoms with Crippen molar-refractivity contribution in [3.63, 3.8) is 0 Å². The second-order valence-corrected chi connectivity index (χ2v) is 20.3. The number of fused-ring (bicyclic) bond motifs is 18. The summed E-state index contributed by atoms with van der Waals surface area (Å²) in [6.07, 6.45) is 0. The summed E-state index contributed by atoms with van der Waals surface area (Å²) >= 11 is 7.67. The van der Waals surface area contributed by atoms with Gasteiger partial charge in [-0.3, -0.25) is 0 Å². The Hall–Kier alpha value is -6.74. The summed E-state index contributed by atoms with van der Waals surface area (Å²) in [7, 11) is 0. The van der Waals surface area contributed by atoms with Crippen LogP contribution in [0.1, 0.15) is 0 Å². The van der Waals surface area contributed by atoms with Crippen LogP contribution in [0.3, 0.4) is 0 Å². The van der Waals surface area contributed by atoms with Crippen molar-refractivity contribution in [2.45, 2.75) is 0 Å². The van der Waals surface area contributed by atoms with Crippen molar-refractivity contribution >= 4 is 159 Å². The highest BCUT2D eigenvalue weighted by Gasteiger charge is 2.25. The van der Waals surface area contributed by atoms with Crippen LogP contribution in [-0.4, -0.2) is 13.7 Å². The first kappa shape index (κ1) is 33.0. The number of nitrogens with zero attached hydrogens (tertiary/aromatic N) is 3. The number of rotatable bonds is 3. The quantitative estimate of drug-likeness (QED) is 0.168. The molecule has 61 heavy (non-hydrogen) atoms. The van der Waals surface area contributed by atoms with Gasteiger partial charge in [-0.25, -0.2) is 0 Å². The standard InChI is InChI=1S/C54H29N3S4/c1-2-12-31-27-32(22-21-30(31)11-1)55-41-28-33(56-47-37-13-3-7-17-43(37)58-51(47)52-48(56)38-14-4-8-18-44(38)59-52)23-25-35(41)36-26-24-34(29-42(36)55)57-49-39-15-5-9-19-45(39)60-53(49)54-50(57)40-16-6-10-20-46(40)61-54/h1-29H. The maximum Gasteiger partial charge on any atom is 0.0736 e. The Morgan fingerprint density at radius 1 is 0.262 bits per heavy atom. The molecule has 0 saturated carbocycles. The molecule has 8 aromatic carbocycles. The van der Waals surface area contributed by atoms with Crippen LogP contribution in [0.2, 0.25) is 0 Å². The molecule has 7 heterocycles. The predicted molar refractivity (Wildman–Crippen MR) is 268 cm³/mol. The van der Waals surface area contributed by atoms with Gasteiger partial charge >= 0.3 is 0 Å². The molecule has 0 aliphatic carbocycles. The number of thiophene rings is 4. The second-order valence-electron chi connectivity index (χ2n) is 16.0. The lowest BCUT2D eigenvalue weighted by molar-refractivity contribution is 1.15. The third-order valence-electron chi connectivity index (χ3n) is 12.8. The van der Waals surface area contributed by atoms with Crippen LogP contribution in [0.4, 0.5) is 0 Å². The fourth-order valence-electron chi connectivity index (χ4n) is 10.2. The molecule has 0 atom stereocenters. The largest absolute Gasteiger partial charge is 0.309 e. The van der Waals surface area contributed by atoms with Gasteiger partial charge in [-0.2, -0.15) is 0 Å². The highest BCUT2D eigenvalue weighted by Crippen LogP contribution is 2.50. The van der Waals surface area contributed by atoms with E-state index in [1.807, 2.05) is 45.3 Å². The molecule has 0 radical (unpaired) electrons. The van der Waals surface area contributed by atoms with Crippen LogP contribution in [0.25, 0.3) is 131 Å². The molecule has 15 aromatic rings. The Kier molecular flexibility index (Phi) is 6.48. The smallest absolute Gasteiger partial charge is 0.0736 e. The zero-order valence-corrected chi connectivity index (χ0v) is 35.5. The van der Waals surface area contributed by atoms with E-state index in [1.165, 1.54) is 125 Å². The van der Waals surface area contributed by atoms with E-state index in [0.29, 0.717) is 0 Å². The van der Waals surface area contributed by atoms with Gasteiger partial charge in [-0.15, -0.1) is 45.3 Å². The average molecular weight is 848 g/mol. The van der Waals surface area contributed by atoms with Gasteiger partial charge < -0.3 is 13.7 Å². The summed E-state index contributed by atoms with van der Waals surface area (Å²) < 4.78 is 18.4. The zero-order chi connectivity index (χ0) is 39.5. The van der Waals surface area contributed by atoms with Crippen LogP contribution in [-0.2, 0) is 0 Å². The zero-order valence-electron chi connectivity index (χ0n) is 32.2. The summed E-state index contributed by atoms with van der Waals surface area (Å²) in [6.45, 7) is 0. The molecular formula is C54H29N3S4. The van der Waals surface area contributed by atoms with E-state index in [-0.39, 0.29) is 0 Å². The minimum atomic E-state index is 1.16. The average Bonchev–Trinajstić information content (AvgIpc) is 4.17. The van der Waals surface area contributed by atoms with Gasteiger partial charge in [-0.1, -0.05) is 115 Å². The third-order valence-corrected chi connectivity index (χ3v) is 17.8. The molecule has 0 saturated heterocycles. The summed E-state index contributed by atoms with van der Waals surface area (Å²) in [6, 6.07) is 65.7. The molecule has 0 unspecified atom stereocenters. The fourth-order valence-corrected chi connectivity index (χ4v) is 15.3. The van der Waals surface area contributed by atoms with Gasteiger partial charge in [0.15, 0.2) is 0 Å². The first-order chi connectivity index (χ1) is 30.2. The Morgan fingerprint density at radius 2 is 0.607 bits per heavy atom. The van der Waals surface area contributed by atoms with E-state index in [9.17, 15) is 0 Å². The van der Waals surface area contributed by atoms with E-state index in [0.717, 1.165) is 5.69 Å². The normalized spacial score (nSPS) is 12.6. The van der Waals surface area contributed by atoms with Crippen molar-refractivity contribution in [2.75, 3.05) is 0 Å². The predicted octanol–water partition coefficient (Wildman–Crippen LogP) is 17.0. The molecule has 7 aromatic heterocycles. The van der Waals surface area contributed by atoms with Gasteiger partial charge in [0.1, 0.15) is 0 Å². The first-order valence-electron chi connectivity index (χ1n) is 20.5. The lowest BCUT2D eigenvalue weighted by atomic mass is 10.1. The highest BCUT2D eigenvalue weighted by molar-refractivity contribution is 7.34. The Labute approximate surface area is 363 Å². The number of aromatic nitrogens is 3. The van der Waals surface area contributed by atoms with Crippen molar-refractivity contribution in [2.24, 2.45) is 0 Å². The molecule has 15 rings (SSSR count). The lowest BCUT2D eigenvalue weighted by Crippen LogP contribution is -1.98. The molecule has 0 aliphatic heterocycles. The van der Waals surface area contributed by atoms with Crippen LogP contribution >= 0.6 is 45.3 Å². The van der Waals surface area contributed by atoms with Crippen molar-refractivity contribution in [1.82, 2.24) is 13.7 Å². The maximum atomic E-state index is 2.56. The highest BCUT2D eigenvalue weighted by atomic mass is 32.1. The molecule has 0 spiro atoms. The fraction of sp³-hybridized carbons (Fsp3) is 0. The molecule has 0 aliphatic rings. The van der Waals surface area contributed by atoms with Crippen LogP contribution in [0.5, 0.6) is 0 Å². The van der Waals surface area contributed by atoms with Crippen LogP contribution in [0, 0.1) is 0 Å². The molecule has 284 valence electrons. The van der Waals surface area contributed by atoms with E-state index in [2.05, 4.69) is 190 Å². The first-order valence-corrected chi connectivity index (χ1v) is 23.8. The van der Waals surface area contributed by atoms with Crippen LogP contribution in [0.15, 0.2) is 176 Å². The number of benzene rings is 8. The molecular weight excluding hydrogens is 819 g/mol. The molecule has 0 fully saturated rings. The minimum absolute atomic E-state index is 1.16. The molecule has 0 N–H and O–H groups in total. The van der Waals surface area contributed by atoms with Crippen molar-refractivity contribution in [3.05, 3.63) is 176 Å². The maximum absolute atomic E-state index is 2.56. The van der Waals surface area contributed by atoms with Gasteiger partial charge in [-0.05, 0) is 71.4 Å². The molecule has 0 bridgehead atoms. The summed E-state index contributed by atoms with van der Waals surface area (Å²) in [5, 5.41) is 10.2. The van der Waals surface area contributed by atoms with Gasteiger partial charge in [0.2, 0.25) is 0 Å². The second kappa shape index (κ2) is 12.0. The van der Waals surface area contributed by atoms with Crippen molar-refractivity contribution < 1.29 is 0 Å². The minimum Gasteiger partial charge on any atom is -0.309 e. The number of hydrogen-bond acceptors (Lipinski definition) is 4. The monoisotopic (exact) mass is 847 g/mol. The topological polar surface area (TPSA) is 14.8 Å². The lowest BCUT2D eigenvalue weighted by Gasteiger charge is -2.13. The Morgan fingerprint density at radius 3 is 1.03 bits per heavy atom. The summed E-state index contributed by atoms with van der Waals surface area (Å²) in [5.74, 6) is 0. The van der Waals surface area contributed by atoms with E-state index < -0.39 is 0 Å². The van der Waals surface area contributed by atoms with Gasteiger partial charge in [0, 0.05) is 68.2 Å². The summed E-state index contributed by atoms with van der Waals surface area (Å²) in [5.41, 5.74) is 11.1. The van der Waals surface area contributed by atoms with Crippen LogP contribution < -0.4 is 0 Å². The van der Waals surface area contributed by atoms with Crippen molar-refractivity contribution in [3.8, 4) is 17.1 Å². The Balaban J connectivity index is 1.07. The SMILES string of the molecule is c1ccc2cc(-n3c4cc(-n5c6c7ccccc7sc6c6sc7ccccc7c65)ccc4c4ccc(-n5c6c7ccccc7sc6c6sc7ccccc7c65)cc43)ccc2c1. The molecule has 7 heteroatoms. The van der Waals surface area contributed by atoms with E-state index in [1.54, 1.807) is 0 Å². The van der Waals surface area contributed by atoms with E-state index >= 15 is 0 Å². The Bertz CT molecular complexity index is 3950. The number of hydrogen-bond donors (Lipinski definition) is 0. The van der Waals surface area contributed by atoms with Gasteiger partial charge in [0.05, 0.1) is 51.9 Å². The van der Waals surface area contributed by atoms with E-state index in [4.69, 9.17) is 0 Å². The van der Waals surface area contributed by atoms with Crippen molar-refractivity contribution in [1.29, 1.82) is 0 Å². The van der Waals surface area contributed by atoms with Gasteiger partial charge in [0.25, 0.3) is 0 Å². The molecule has 3 nitrogen and oxygen atoms in total.